The highest BCUT2D eigenvalue weighted by Gasteiger charge is 2.21. The highest BCUT2D eigenvalue weighted by Crippen LogP contribution is 2.22. The fraction of sp³-hybridized carbons (Fsp3) is 0.667. The average Bonchev–Trinajstić information content (AvgIpc) is 2.86. The summed E-state index contributed by atoms with van der Waals surface area (Å²) in [5.41, 5.74) is 0.893. The number of ether oxygens (including phenoxy) is 1. The van der Waals surface area contributed by atoms with Gasteiger partial charge < -0.3 is 14.5 Å². The molecule has 0 saturated carbocycles. The third kappa shape index (κ3) is 9.00. The largest absolute Gasteiger partial charge is 0.459 e. The summed E-state index contributed by atoms with van der Waals surface area (Å²) in [4.78, 5) is 28.4. The molecule has 8 heteroatoms. The Bertz CT molecular complexity index is 720. The minimum atomic E-state index is -0.596. The van der Waals surface area contributed by atoms with Crippen LogP contribution < -0.4 is 0 Å². The lowest BCUT2D eigenvalue weighted by Crippen LogP contribution is -2.41. The second kappa shape index (κ2) is 11.4. The molecular formula is C21H35ClN4O3. The molecule has 29 heavy (non-hydrogen) atoms. The maximum absolute atomic E-state index is 12.8. The minimum Gasteiger partial charge on any atom is -0.459 e. The maximum Gasteiger partial charge on any atom is 0.326 e. The van der Waals surface area contributed by atoms with Crippen LogP contribution >= 0.6 is 11.6 Å². The van der Waals surface area contributed by atoms with Crippen LogP contribution in [-0.4, -0.2) is 70.8 Å². The zero-order valence-electron chi connectivity index (χ0n) is 18.8. The zero-order valence-corrected chi connectivity index (χ0v) is 19.5. The van der Waals surface area contributed by atoms with E-state index >= 15 is 0 Å². The van der Waals surface area contributed by atoms with Crippen molar-refractivity contribution in [1.82, 2.24) is 19.6 Å². The van der Waals surface area contributed by atoms with Gasteiger partial charge in [0.05, 0.1) is 5.69 Å². The number of rotatable bonds is 10. The van der Waals surface area contributed by atoms with Gasteiger partial charge in [0.2, 0.25) is 5.91 Å². The highest BCUT2D eigenvalue weighted by molar-refractivity contribution is 6.31. The minimum absolute atomic E-state index is 0.100. The molecule has 1 aromatic heterocycles. The van der Waals surface area contributed by atoms with Gasteiger partial charge in [0.25, 0.3) is 0 Å². The first-order chi connectivity index (χ1) is 13.4. The Hall–Kier alpha value is -1.86. The van der Waals surface area contributed by atoms with Gasteiger partial charge >= 0.3 is 5.97 Å². The Morgan fingerprint density at radius 3 is 2.45 bits per heavy atom. The quantitative estimate of drug-likeness (QED) is 0.423. The summed E-state index contributed by atoms with van der Waals surface area (Å²) in [6.07, 6.45) is 5.15. The summed E-state index contributed by atoms with van der Waals surface area (Å²) in [7, 11) is 3.83. The van der Waals surface area contributed by atoms with Gasteiger partial charge in [-0.25, -0.2) is 0 Å². The summed E-state index contributed by atoms with van der Waals surface area (Å²) in [6.45, 7) is 11.1. The molecule has 7 nitrogen and oxygen atoms in total. The van der Waals surface area contributed by atoms with E-state index in [0.29, 0.717) is 18.2 Å². The molecular weight excluding hydrogens is 392 g/mol. The van der Waals surface area contributed by atoms with E-state index in [0.717, 1.165) is 30.6 Å². The third-order valence-electron chi connectivity index (χ3n) is 4.09. The van der Waals surface area contributed by atoms with Crippen LogP contribution in [0.25, 0.3) is 6.08 Å². The molecule has 164 valence electrons. The molecule has 0 aromatic carbocycles. The van der Waals surface area contributed by atoms with E-state index in [2.05, 4.69) is 12.0 Å². The number of hydrogen-bond donors (Lipinski definition) is 0. The second-order valence-electron chi connectivity index (χ2n) is 8.35. The third-order valence-corrected chi connectivity index (χ3v) is 4.49. The molecule has 1 rings (SSSR count). The number of aromatic nitrogens is 2. The number of likely N-dealkylation sites (N-methyl/N-ethyl adjacent to an activating group) is 1. The molecule has 0 atom stereocenters. The molecule has 0 bridgehead atoms. The van der Waals surface area contributed by atoms with E-state index in [1.165, 1.54) is 11.0 Å². The fourth-order valence-electron chi connectivity index (χ4n) is 2.59. The molecule has 0 N–H and O–H groups in total. The van der Waals surface area contributed by atoms with Gasteiger partial charge in [-0.3, -0.25) is 14.3 Å². The van der Waals surface area contributed by atoms with Gasteiger partial charge in [-0.1, -0.05) is 24.9 Å². The number of hydrogen-bond acceptors (Lipinski definition) is 5. The normalized spacial score (nSPS) is 12.0. The number of esters is 1. The van der Waals surface area contributed by atoms with E-state index in [1.54, 1.807) is 31.5 Å². The van der Waals surface area contributed by atoms with Crippen molar-refractivity contribution >= 4 is 29.6 Å². The molecule has 0 aliphatic heterocycles. The summed E-state index contributed by atoms with van der Waals surface area (Å²) >= 11 is 6.43. The summed E-state index contributed by atoms with van der Waals surface area (Å²) < 4.78 is 7.12. The van der Waals surface area contributed by atoms with E-state index in [-0.39, 0.29) is 12.5 Å². The second-order valence-corrected chi connectivity index (χ2v) is 8.71. The summed E-state index contributed by atoms with van der Waals surface area (Å²) in [6, 6.07) is 0. The first-order valence-electron chi connectivity index (χ1n) is 10.0. The van der Waals surface area contributed by atoms with Crippen LogP contribution in [0, 0.1) is 6.92 Å². The molecule has 0 unspecified atom stereocenters. The van der Waals surface area contributed by atoms with Gasteiger partial charge in [0.15, 0.2) is 0 Å². The van der Waals surface area contributed by atoms with Gasteiger partial charge in [-0.05, 0) is 54.3 Å². The number of aryl methyl sites for hydroxylation is 2. The van der Waals surface area contributed by atoms with Gasteiger partial charge in [0, 0.05) is 31.3 Å². The topological polar surface area (TPSA) is 67.7 Å². The van der Waals surface area contributed by atoms with E-state index in [1.807, 2.05) is 25.9 Å². The number of carbonyl (C=O) groups is 2. The standard InChI is InChI=1S/C21H35ClN4O3/c1-8-9-12-26-20(22)17(16(2)23-26)10-11-18(27)25(14-13-24(6)7)15-19(28)29-21(3,4)5/h10-11H,8-9,12-15H2,1-7H3/b11-10+. The monoisotopic (exact) mass is 426 g/mol. The highest BCUT2D eigenvalue weighted by atomic mass is 35.5. The Morgan fingerprint density at radius 2 is 1.90 bits per heavy atom. The van der Waals surface area contributed by atoms with Crippen LogP contribution in [0.2, 0.25) is 5.15 Å². The van der Waals surface area contributed by atoms with E-state index < -0.39 is 11.6 Å². The molecule has 0 aliphatic rings. The molecule has 1 aromatic rings. The van der Waals surface area contributed by atoms with Crippen molar-refractivity contribution in [2.24, 2.45) is 0 Å². The van der Waals surface area contributed by atoms with Crippen LogP contribution in [0.15, 0.2) is 6.08 Å². The fourth-order valence-corrected chi connectivity index (χ4v) is 2.91. The lowest BCUT2D eigenvalue weighted by Gasteiger charge is -2.25. The predicted molar refractivity (Wildman–Crippen MR) is 117 cm³/mol. The Labute approximate surface area is 179 Å². The van der Waals surface area contributed by atoms with Crippen molar-refractivity contribution in [2.45, 2.75) is 59.6 Å². The van der Waals surface area contributed by atoms with Crippen LogP contribution in [-0.2, 0) is 20.9 Å². The molecule has 1 heterocycles. The maximum atomic E-state index is 12.8. The SMILES string of the molecule is CCCCn1nc(C)c(/C=C/C(=O)N(CCN(C)C)CC(=O)OC(C)(C)C)c1Cl. The van der Waals surface area contributed by atoms with Crippen LogP contribution in [0.3, 0.4) is 0 Å². The Kier molecular flexibility index (Phi) is 9.86. The molecule has 0 spiro atoms. The number of amides is 1. The average molecular weight is 427 g/mol. The Morgan fingerprint density at radius 1 is 1.24 bits per heavy atom. The predicted octanol–water partition coefficient (Wildman–Crippen LogP) is 3.39. The summed E-state index contributed by atoms with van der Waals surface area (Å²) in [5, 5.41) is 4.97. The molecule has 1 amide bonds. The smallest absolute Gasteiger partial charge is 0.326 e. The molecule has 0 fully saturated rings. The van der Waals surface area contributed by atoms with Crippen LogP contribution in [0.4, 0.5) is 0 Å². The van der Waals surface area contributed by atoms with Crippen molar-refractivity contribution < 1.29 is 14.3 Å². The Balaban J connectivity index is 2.93. The van der Waals surface area contributed by atoms with Crippen LogP contribution in [0.5, 0.6) is 0 Å². The van der Waals surface area contributed by atoms with Crippen molar-refractivity contribution in [3.63, 3.8) is 0 Å². The van der Waals surface area contributed by atoms with E-state index in [9.17, 15) is 9.59 Å². The van der Waals surface area contributed by atoms with Gasteiger partial charge in [0.1, 0.15) is 17.3 Å². The van der Waals surface area contributed by atoms with Gasteiger partial charge in [-0.2, -0.15) is 5.10 Å². The molecule has 0 aliphatic carbocycles. The zero-order chi connectivity index (χ0) is 22.2. The van der Waals surface area contributed by atoms with Crippen molar-refractivity contribution in [2.75, 3.05) is 33.7 Å². The number of carbonyl (C=O) groups excluding carboxylic acids is 2. The number of halogens is 1. The van der Waals surface area contributed by atoms with E-state index in [4.69, 9.17) is 16.3 Å². The number of nitrogens with zero attached hydrogens (tertiary/aromatic N) is 4. The van der Waals surface area contributed by atoms with Crippen molar-refractivity contribution in [1.29, 1.82) is 0 Å². The summed E-state index contributed by atoms with van der Waals surface area (Å²) in [5.74, 6) is -0.700. The molecule has 0 radical (unpaired) electrons. The van der Waals surface area contributed by atoms with Gasteiger partial charge in [-0.15, -0.1) is 0 Å². The van der Waals surface area contributed by atoms with Crippen LogP contribution in [0.1, 0.15) is 51.8 Å². The van der Waals surface area contributed by atoms with Crippen molar-refractivity contribution in [3.8, 4) is 0 Å². The first-order valence-corrected chi connectivity index (χ1v) is 10.4. The number of unbranched alkanes of at least 4 members (excludes halogenated alkanes) is 1. The molecule has 0 saturated heterocycles. The lowest BCUT2D eigenvalue weighted by molar-refractivity contribution is -0.158. The lowest BCUT2D eigenvalue weighted by atomic mass is 10.2. The first kappa shape index (κ1) is 25.2. The van der Waals surface area contributed by atoms with Crippen molar-refractivity contribution in [3.05, 3.63) is 22.5 Å².